The lowest BCUT2D eigenvalue weighted by atomic mass is 9.67. The van der Waals surface area contributed by atoms with Crippen LogP contribution < -0.4 is 4.74 Å². The number of halogens is 3. The Bertz CT molecular complexity index is 405. The molecule has 8 heteroatoms. The standard InChI is InChI=1S/C11H16BF3N3O/c1-19-11-16-6-9(7-17-11)8-18-4-2-10(3-5-18)12(13,14)15/h6-7,10H,2-5,8H2,1H3/q-1. The van der Waals surface area contributed by atoms with Gasteiger partial charge in [-0.25, -0.2) is 9.97 Å². The molecule has 0 bridgehead atoms. The third-order valence-electron chi connectivity index (χ3n) is 3.44. The second-order valence-corrected chi connectivity index (χ2v) is 4.82. The van der Waals surface area contributed by atoms with E-state index < -0.39 is 12.8 Å². The quantitative estimate of drug-likeness (QED) is 0.790. The molecular weight excluding hydrogens is 258 g/mol. The Morgan fingerprint density at radius 1 is 1.26 bits per heavy atom. The van der Waals surface area contributed by atoms with E-state index in [9.17, 15) is 12.9 Å². The molecule has 0 spiro atoms. The smallest absolute Gasteiger partial charge is 0.467 e. The topological polar surface area (TPSA) is 38.2 Å². The molecule has 0 aliphatic carbocycles. The molecule has 1 aliphatic rings. The van der Waals surface area contributed by atoms with Gasteiger partial charge in [0.05, 0.1) is 7.11 Å². The van der Waals surface area contributed by atoms with Crippen LogP contribution in [-0.2, 0) is 6.54 Å². The van der Waals surface area contributed by atoms with Crippen molar-refractivity contribution >= 4 is 6.98 Å². The fourth-order valence-electron chi connectivity index (χ4n) is 2.28. The van der Waals surface area contributed by atoms with Gasteiger partial charge in [-0.05, 0) is 13.1 Å². The highest BCUT2D eigenvalue weighted by Crippen LogP contribution is 2.35. The predicted octanol–water partition coefficient (Wildman–Crippen LogP) is 2.30. The van der Waals surface area contributed by atoms with Gasteiger partial charge < -0.3 is 17.7 Å². The van der Waals surface area contributed by atoms with Gasteiger partial charge in [0.2, 0.25) is 0 Å². The van der Waals surface area contributed by atoms with Gasteiger partial charge in [-0.2, -0.15) is 0 Å². The first-order valence-electron chi connectivity index (χ1n) is 6.26. The first kappa shape index (κ1) is 14.1. The molecule has 19 heavy (non-hydrogen) atoms. The Balaban J connectivity index is 1.85. The van der Waals surface area contributed by atoms with Crippen LogP contribution in [0.4, 0.5) is 12.9 Å². The van der Waals surface area contributed by atoms with Crippen LogP contribution in [0.15, 0.2) is 12.4 Å². The first-order valence-corrected chi connectivity index (χ1v) is 6.26. The summed E-state index contributed by atoms with van der Waals surface area (Å²) < 4.78 is 42.6. The number of hydrogen-bond donors (Lipinski definition) is 0. The van der Waals surface area contributed by atoms with Gasteiger partial charge in [0.15, 0.2) is 0 Å². The third-order valence-corrected chi connectivity index (χ3v) is 3.44. The molecule has 106 valence electrons. The summed E-state index contributed by atoms with van der Waals surface area (Å²) in [5, 5.41) is 0. The monoisotopic (exact) mass is 274 g/mol. The molecule has 0 unspecified atom stereocenters. The summed E-state index contributed by atoms with van der Waals surface area (Å²) in [7, 11) is 1.48. The van der Waals surface area contributed by atoms with Gasteiger partial charge in [0.1, 0.15) is 0 Å². The normalized spacial score (nSPS) is 18.5. The van der Waals surface area contributed by atoms with E-state index in [1.54, 1.807) is 12.4 Å². The minimum absolute atomic E-state index is 0.195. The Morgan fingerprint density at radius 2 is 1.84 bits per heavy atom. The van der Waals surface area contributed by atoms with E-state index in [0.29, 0.717) is 25.6 Å². The molecule has 2 heterocycles. The maximum Gasteiger partial charge on any atom is 0.481 e. The molecule has 2 rings (SSSR count). The maximum absolute atomic E-state index is 12.6. The van der Waals surface area contributed by atoms with Crippen LogP contribution in [0.1, 0.15) is 18.4 Å². The van der Waals surface area contributed by atoms with Crippen LogP contribution in [0.5, 0.6) is 6.01 Å². The van der Waals surface area contributed by atoms with Crippen molar-refractivity contribution in [2.24, 2.45) is 0 Å². The zero-order valence-corrected chi connectivity index (χ0v) is 10.7. The van der Waals surface area contributed by atoms with Gasteiger partial charge >= 0.3 is 13.0 Å². The van der Waals surface area contributed by atoms with E-state index in [-0.39, 0.29) is 12.8 Å². The van der Waals surface area contributed by atoms with Crippen LogP contribution in [-0.4, -0.2) is 42.0 Å². The highest BCUT2D eigenvalue weighted by atomic mass is 19.4. The highest BCUT2D eigenvalue weighted by Gasteiger charge is 2.36. The lowest BCUT2D eigenvalue weighted by molar-refractivity contribution is 0.205. The van der Waals surface area contributed by atoms with Crippen molar-refractivity contribution < 1.29 is 17.7 Å². The second kappa shape index (κ2) is 5.77. The van der Waals surface area contributed by atoms with Gasteiger partial charge in [0.25, 0.3) is 0 Å². The fraction of sp³-hybridized carbons (Fsp3) is 0.636. The summed E-state index contributed by atoms with van der Waals surface area (Å²) in [6.07, 6.45) is 3.68. The molecule has 0 atom stereocenters. The predicted molar refractivity (Wildman–Crippen MR) is 65.9 cm³/mol. The van der Waals surface area contributed by atoms with Crippen molar-refractivity contribution in [3.05, 3.63) is 18.0 Å². The number of rotatable bonds is 4. The number of nitrogens with zero attached hydrogens (tertiary/aromatic N) is 3. The Kier molecular flexibility index (Phi) is 4.29. The van der Waals surface area contributed by atoms with Crippen LogP contribution in [0.3, 0.4) is 0 Å². The fourth-order valence-corrected chi connectivity index (χ4v) is 2.28. The summed E-state index contributed by atoms with van der Waals surface area (Å²) in [4.78, 5) is 9.96. The summed E-state index contributed by atoms with van der Waals surface area (Å²) in [6.45, 7) is -3.16. The zero-order valence-electron chi connectivity index (χ0n) is 10.7. The summed E-state index contributed by atoms with van der Waals surface area (Å²) >= 11 is 0. The van der Waals surface area contributed by atoms with E-state index in [0.717, 1.165) is 5.56 Å². The number of piperidine rings is 1. The largest absolute Gasteiger partial charge is 0.481 e. The molecular formula is C11H16BF3N3O-. The maximum atomic E-state index is 12.6. The average molecular weight is 274 g/mol. The first-order chi connectivity index (χ1) is 8.99. The number of ether oxygens (including phenoxy) is 1. The molecule has 0 N–H and O–H groups in total. The summed E-state index contributed by atoms with van der Waals surface area (Å²) in [5.74, 6) is -1.09. The van der Waals surface area contributed by atoms with Crippen molar-refractivity contribution in [3.63, 3.8) is 0 Å². The number of methoxy groups -OCH3 is 1. The number of aromatic nitrogens is 2. The summed E-state index contributed by atoms with van der Waals surface area (Å²) in [5.41, 5.74) is 0.886. The highest BCUT2D eigenvalue weighted by molar-refractivity contribution is 6.60. The molecule has 0 amide bonds. The van der Waals surface area contributed by atoms with Crippen LogP contribution >= 0.6 is 0 Å². The molecule has 1 aliphatic heterocycles. The SMILES string of the molecule is COc1ncc(CN2CCC([B-](F)(F)F)CC2)cn1. The van der Waals surface area contributed by atoms with Gasteiger partial charge in [-0.1, -0.05) is 18.7 Å². The molecule has 0 radical (unpaired) electrons. The molecule has 1 saturated heterocycles. The zero-order chi connectivity index (χ0) is 13.9. The van der Waals surface area contributed by atoms with E-state index in [2.05, 4.69) is 9.97 Å². The lowest BCUT2D eigenvalue weighted by Crippen LogP contribution is -2.37. The lowest BCUT2D eigenvalue weighted by Gasteiger charge is -2.36. The average Bonchev–Trinajstić information content (AvgIpc) is 2.39. The third kappa shape index (κ3) is 3.83. The van der Waals surface area contributed by atoms with Crippen molar-refractivity contribution in [2.75, 3.05) is 20.2 Å². The van der Waals surface area contributed by atoms with Gasteiger partial charge in [-0.3, -0.25) is 4.90 Å². The van der Waals surface area contributed by atoms with Crippen molar-refractivity contribution in [2.45, 2.75) is 25.2 Å². The second-order valence-electron chi connectivity index (χ2n) is 4.82. The van der Waals surface area contributed by atoms with E-state index in [1.807, 2.05) is 4.90 Å². The molecule has 0 aromatic carbocycles. The van der Waals surface area contributed by atoms with Crippen LogP contribution in [0.25, 0.3) is 0 Å². The Labute approximate surface area is 110 Å². The minimum atomic E-state index is -4.69. The number of hydrogen-bond acceptors (Lipinski definition) is 4. The minimum Gasteiger partial charge on any atom is -0.467 e. The number of likely N-dealkylation sites (tertiary alicyclic amines) is 1. The van der Waals surface area contributed by atoms with E-state index >= 15 is 0 Å². The van der Waals surface area contributed by atoms with E-state index in [4.69, 9.17) is 4.74 Å². The molecule has 0 saturated carbocycles. The Morgan fingerprint density at radius 3 is 2.32 bits per heavy atom. The van der Waals surface area contributed by atoms with Crippen molar-refractivity contribution in [3.8, 4) is 6.01 Å². The van der Waals surface area contributed by atoms with E-state index in [1.165, 1.54) is 7.11 Å². The summed E-state index contributed by atoms with van der Waals surface area (Å²) in [6, 6.07) is 0.294. The molecule has 1 fully saturated rings. The van der Waals surface area contributed by atoms with Crippen molar-refractivity contribution in [1.82, 2.24) is 14.9 Å². The van der Waals surface area contributed by atoms with Crippen LogP contribution in [0.2, 0.25) is 5.82 Å². The van der Waals surface area contributed by atoms with Gasteiger partial charge in [0, 0.05) is 24.5 Å². The molecule has 1 aromatic rings. The van der Waals surface area contributed by atoms with Crippen LogP contribution in [0, 0.1) is 0 Å². The van der Waals surface area contributed by atoms with Gasteiger partial charge in [-0.15, -0.1) is 0 Å². The molecule has 4 nitrogen and oxygen atoms in total. The van der Waals surface area contributed by atoms with Crippen molar-refractivity contribution in [1.29, 1.82) is 0 Å². The molecule has 1 aromatic heterocycles. The Hall–Kier alpha value is -1.31.